The molecule has 0 aliphatic carbocycles. The van der Waals surface area contributed by atoms with Crippen LogP contribution in [0.4, 0.5) is 0 Å². The molecule has 4 heteroatoms. The smallest absolute Gasteiger partial charge is 0.373 e. The van der Waals surface area contributed by atoms with E-state index >= 15 is 0 Å². The van der Waals surface area contributed by atoms with Crippen LogP contribution in [-0.4, -0.2) is 31.2 Å². The van der Waals surface area contributed by atoms with E-state index in [1.807, 2.05) is 0 Å². The van der Waals surface area contributed by atoms with Gasteiger partial charge in [-0.15, -0.1) is 0 Å². The van der Waals surface area contributed by atoms with Gasteiger partial charge >= 0.3 is 7.05 Å². The molecule has 1 aliphatic rings. The van der Waals surface area contributed by atoms with Gasteiger partial charge in [0, 0.05) is 19.1 Å². The van der Waals surface area contributed by atoms with Crippen LogP contribution in [0.5, 0.6) is 0 Å². The van der Waals surface area contributed by atoms with Crippen molar-refractivity contribution >= 4 is 7.05 Å². The lowest BCUT2D eigenvalue weighted by Crippen LogP contribution is -2.58. The molecule has 1 heterocycles. The molecule has 1 saturated heterocycles. The summed E-state index contributed by atoms with van der Waals surface area (Å²) in [5.74, 6) is 0. The van der Waals surface area contributed by atoms with E-state index in [0.717, 1.165) is 13.1 Å². The average Bonchev–Trinajstić information content (AvgIpc) is 1.55. The van der Waals surface area contributed by atoms with Crippen molar-refractivity contribution in [2.75, 3.05) is 13.1 Å². The number of hydrogen-bond donors (Lipinski definition) is 3. The standard InChI is InChI=1S/C4H11BN2O/c1-5(8)7-4-2-6-3-4/h4,6-8H,2-3H2,1H3. The lowest BCUT2D eigenvalue weighted by atomic mass is 9.86. The van der Waals surface area contributed by atoms with Gasteiger partial charge in [0.25, 0.3) is 0 Å². The van der Waals surface area contributed by atoms with Crippen molar-refractivity contribution in [2.45, 2.75) is 12.9 Å². The first-order valence-corrected chi connectivity index (χ1v) is 2.94. The zero-order valence-electron chi connectivity index (χ0n) is 5.02. The van der Waals surface area contributed by atoms with Gasteiger partial charge in [-0.25, -0.2) is 0 Å². The zero-order valence-corrected chi connectivity index (χ0v) is 5.02. The molecular weight excluding hydrogens is 103 g/mol. The van der Waals surface area contributed by atoms with Gasteiger partial charge in [-0.1, -0.05) is 0 Å². The molecule has 0 spiro atoms. The minimum atomic E-state index is -0.359. The zero-order chi connectivity index (χ0) is 5.98. The van der Waals surface area contributed by atoms with Gasteiger partial charge in [-0.05, 0) is 6.82 Å². The van der Waals surface area contributed by atoms with Crippen LogP contribution in [0.3, 0.4) is 0 Å². The van der Waals surface area contributed by atoms with E-state index in [9.17, 15) is 0 Å². The van der Waals surface area contributed by atoms with Crippen molar-refractivity contribution in [1.82, 2.24) is 10.5 Å². The Morgan fingerprint density at radius 1 is 1.75 bits per heavy atom. The van der Waals surface area contributed by atoms with Crippen LogP contribution in [0.15, 0.2) is 0 Å². The highest BCUT2D eigenvalue weighted by Crippen LogP contribution is 1.89. The minimum absolute atomic E-state index is 0.359. The lowest BCUT2D eigenvalue weighted by molar-refractivity contribution is 0.395. The maximum atomic E-state index is 8.75. The summed E-state index contributed by atoms with van der Waals surface area (Å²) in [6.45, 7) is 3.72. The van der Waals surface area contributed by atoms with Crippen molar-refractivity contribution in [3.63, 3.8) is 0 Å². The Morgan fingerprint density at radius 3 is 2.50 bits per heavy atom. The van der Waals surface area contributed by atoms with Crippen molar-refractivity contribution in [3.05, 3.63) is 0 Å². The summed E-state index contributed by atoms with van der Waals surface area (Å²) >= 11 is 0. The maximum absolute atomic E-state index is 8.75. The Hall–Kier alpha value is -0.0551. The van der Waals surface area contributed by atoms with Crippen LogP contribution in [0.25, 0.3) is 0 Å². The van der Waals surface area contributed by atoms with E-state index in [1.54, 1.807) is 6.82 Å². The summed E-state index contributed by atoms with van der Waals surface area (Å²) < 4.78 is 0. The second-order valence-electron chi connectivity index (χ2n) is 2.20. The molecule has 46 valence electrons. The summed E-state index contributed by atoms with van der Waals surface area (Å²) in [6.07, 6.45) is 0. The number of nitrogens with one attached hydrogen (secondary N) is 2. The topological polar surface area (TPSA) is 44.3 Å². The fourth-order valence-electron chi connectivity index (χ4n) is 0.748. The fraction of sp³-hybridized carbons (Fsp3) is 1.00. The van der Waals surface area contributed by atoms with Gasteiger partial charge in [0.05, 0.1) is 0 Å². The molecule has 3 N–H and O–H groups in total. The Balaban J connectivity index is 2.01. The second-order valence-corrected chi connectivity index (χ2v) is 2.20. The van der Waals surface area contributed by atoms with Gasteiger partial charge < -0.3 is 15.6 Å². The third-order valence-corrected chi connectivity index (χ3v) is 1.26. The van der Waals surface area contributed by atoms with Crippen LogP contribution < -0.4 is 10.5 Å². The summed E-state index contributed by atoms with van der Waals surface area (Å²) in [5.41, 5.74) is 0. The molecule has 8 heavy (non-hydrogen) atoms. The van der Waals surface area contributed by atoms with E-state index in [4.69, 9.17) is 5.02 Å². The van der Waals surface area contributed by atoms with Gasteiger partial charge in [0.2, 0.25) is 0 Å². The molecule has 0 amide bonds. The first kappa shape index (κ1) is 6.07. The lowest BCUT2D eigenvalue weighted by Gasteiger charge is -2.28. The van der Waals surface area contributed by atoms with E-state index in [-0.39, 0.29) is 7.05 Å². The third-order valence-electron chi connectivity index (χ3n) is 1.26. The Kier molecular flexibility index (Phi) is 1.88. The monoisotopic (exact) mass is 114 g/mol. The molecule has 0 bridgehead atoms. The molecule has 0 unspecified atom stereocenters. The molecule has 1 rings (SSSR count). The minimum Gasteiger partial charge on any atom is -0.437 e. The molecule has 1 aliphatic heterocycles. The Bertz CT molecular complexity index is 74.4. The second kappa shape index (κ2) is 2.48. The van der Waals surface area contributed by atoms with E-state index < -0.39 is 0 Å². The first-order chi connectivity index (χ1) is 3.79. The molecule has 0 saturated carbocycles. The van der Waals surface area contributed by atoms with E-state index in [1.165, 1.54) is 0 Å². The van der Waals surface area contributed by atoms with Gasteiger partial charge in [-0.2, -0.15) is 0 Å². The third kappa shape index (κ3) is 1.47. The molecule has 0 atom stereocenters. The molecule has 1 fully saturated rings. The molecule has 0 aromatic carbocycles. The predicted octanol–water partition coefficient (Wildman–Crippen LogP) is -1.34. The van der Waals surface area contributed by atoms with Crippen molar-refractivity contribution in [3.8, 4) is 0 Å². The highest BCUT2D eigenvalue weighted by molar-refractivity contribution is 6.45. The molecule has 3 nitrogen and oxygen atoms in total. The predicted molar refractivity (Wildman–Crippen MR) is 33.6 cm³/mol. The highest BCUT2D eigenvalue weighted by Gasteiger charge is 2.18. The molecular formula is C4H11BN2O. The Morgan fingerprint density at radius 2 is 2.38 bits per heavy atom. The van der Waals surface area contributed by atoms with Gasteiger partial charge in [0.1, 0.15) is 0 Å². The van der Waals surface area contributed by atoms with Crippen LogP contribution in [0, 0.1) is 0 Å². The van der Waals surface area contributed by atoms with Crippen molar-refractivity contribution in [2.24, 2.45) is 0 Å². The summed E-state index contributed by atoms with van der Waals surface area (Å²) in [4.78, 5) is 0. The number of hydrogen-bond acceptors (Lipinski definition) is 3. The number of rotatable bonds is 2. The van der Waals surface area contributed by atoms with Crippen molar-refractivity contribution in [1.29, 1.82) is 0 Å². The van der Waals surface area contributed by atoms with Crippen LogP contribution >= 0.6 is 0 Å². The van der Waals surface area contributed by atoms with Crippen LogP contribution in [-0.2, 0) is 0 Å². The SMILES string of the molecule is CB(O)NC1CNC1. The summed E-state index contributed by atoms with van der Waals surface area (Å²) in [6, 6.07) is 0.495. The van der Waals surface area contributed by atoms with Crippen LogP contribution in [0.1, 0.15) is 0 Å². The van der Waals surface area contributed by atoms with Crippen molar-refractivity contribution < 1.29 is 5.02 Å². The van der Waals surface area contributed by atoms with E-state index in [0.29, 0.717) is 6.04 Å². The average molecular weight is 114 g/mol. The van der Waals surface area contributed by atoms with Gasteiger partial charge in [-0.3, -0.25) is 0 Å². The largest absolute Gasteiger partial charge is 0.437 e. The molecule has 0 radical (unpaired) electrons. The van der Waals surface area contributed by atoms with Crippen LogP contribution in [0.2, 0.25) is 6.82 Å². The normalized spacial score (nSPS) is 20.2. The Labute approximate surface area is 49.6 Å². The quantitative estimate of drug-likeness (QED) is 0.389. The summed E-state index contributed by atoms with van der Waals surface area (Å²) in [7, 11) is -0.359. The molecule has 0 aromatic rings. The maximum Gasteiger partial charge on any atom is 0.373 e. The highest BCUT2D eigenvalue weighted by atomic mass is 16.2. The summed E-state index contributed by atoms with van der Waals surface area (Å²) in [5, 5.41) is 14.8. The molecule has 0 aromatic heterocycles. The van der Waals surface area contributed by atoms with E-state index in [2.05, 4.69) is 10.5 Å². The first-order valence-electron chi connectivity index (χ1n) is 2.94. The fourth-order valence-corrected chi connectivity index (χ4v) is 0.748. The van der Waals surface area contributed by atoms with Gasteiger partial charge in [0.15, 0.2) is 0 Å².